The number of alkyl halides is 3. The summed E-state index contributed by atoms with van der Waals surface area (Å²) in [5.74, 6) is -0.427. The Bertz CT molecular complexity index is 569. The van der Waals surface area contributed by atoms with Gasteiger partial charge in [-0.2, -0.15) is 13.2 Å². The Morgan fingerprint density at radius 3 is 2.33 bits per heavy atom. The van der Waals surface area contributed by atoms with Crippen molar-refractivity contribution in [1.82, 2.24) is 4.90 Å². The van der Waals surface area contributed by atoms with Gasteiger partial charge in [0.1, 0.15) is 0 Å². The molecule has 1 aromatic rings. The van der Waals surface area contributed by atoms with Crippen LogP contribution in [0, 0.1) is 0 Å². The zero-order valence-corrected chi connectivity index (χ0v) is 14.4. The van der Waals surface area contributed by atoms with Crippen LogP contribution < -0.4 is 5.32 Å². The van der Waals surface area contributed by atoms with Crippen molar-refractivity contribution in [2.45, 2.75) is 51.2 Å². The van der Waals surface area contributed by atoms with Crippen molar-refractivity contribution >= 4 is 23.2 Å². The van der Waals surface area contributed by atoms with Crippen LogP contribution >= 0.6 is 11.6 Å². The lowest BCUT2D eigenvalue weighted by Crippen LogP contribution is -2.43. The Balaban J connectivity index is 2.11. The van der Waals surface area contributed by atoms with Gasteiger partial charge in [-0.1, -0.05) is 30.9 Å². The van der Waals surface area contributed by atoms with Crippen LogP contribution in [0.25, 0.3) is 0 Å². The number of anilines is 1. The molecule has 24 heavy (non-hydrogen) atoms. The van der Waals surface area contributed by atoms with Crippen molar-refractivity contribution in [2.75, 3.05) is 18.4 Å². The first-order chi connectivity index (χ1) is 11.3. The molecule has 134 valence electrons. The highest BCUT2D eigenvalue weighted by Gasteiger charge is 2.34. The van der Waals surface area contributed by atoms with Crippen LogP contribution in [0.2, 0.25) is 5.02 Å². The normalized spacial score (nSPS) is 18.5. The van der Waals surface area contributed by atoms with Crippen molar-refractivity contribution in [3.05, 3.63) is 28.8 Å². The van der Waals surface area contributed by atoms with Gasteiger partial charge in [0.25, 0.3) is 0 Å². The van der Waals surface area contributed by atoms with Gasteiger partial charge >= 0.3 is 6.18 Å². The molecule has 0 saturated carbocycles. The topological polar surface area (TPSA) is 32.3 Å². The third kappa shape index (κ3) is 5.11. The van der Waals surface area contributed by atoms with Crippen molar-refractivity contribution in [3.63, 3.8) is 0 Å². The molecule has 1 saturated heterocycles. The van der Waals surface area contributed by atoms with E-state index in [1.54, 1.807) is 6.92 Å². The number of rotatable bonds is 3. The van der Waals surface area contributed by atoms with E-state index in [0.29, 0.717) is 0 Å². The third-order valence-corrected chi connectivity index (χ3v) is 4.60. The zero-order chi connectivity index (χ0) is 17.7. The summed E-state index contributed by atoms with van der Waals surface area (Å²) < 4.78 is 39.3. The average molecular weight is 363 g/mol. The number of halogens is 4. The summed E-state index contributed by atoms with van der Waals surface area (Å²) in [5, 5.41) is 2.40. The van der Waals surface area contributed by atoms with Gasteiger partial charge < -0.3 is 5.32 Å². The second kappa shape index (κ2) is 8.21. The van der Waals surface area contributed by atoms with Crippen LogP contribution in [0.1, 0.15) is 44.6 Å². The standard InChI is InChI=1S/C17H22ClF3N2O/c1-12(23-9-5-3-2-4-6-10-23)16(24)22-15-8-7-13(18)11-14(15)17(19,20)21/h7-8,11-12H,2-6,9-10H2,1H3,(H,22,24)/t12-/m1/s1. The summed E-state index contributed by atoms with van der Waals surface area (Å²) in [6.45, 7) is 3.32. The van der Waals surface area contributed by atoms with Gasteiger partial charge in [-0.3, -0.25) is 9.69 Å². The monoisotopic (exact) mass is 362 g/mol. The lowest BCUT2D eigenvalue weighted by Gasteiger charge is -2.30. The van der Waals surface area contributed by atoms with Gasteiger partial charge in [0, 0.05) is 5.02 Å². The van der Waals surface area contributed by atoms with Crippen LogP contribution in [-0.4, -0.2) is 29.9 Å². The molecule has 3 nitrogen and oxygen atoms in total. The van der Waals surface area contributed by atoms with Crippen LogP contribution in [0.3, 0.4) is 0 Å². The number of carbonyl (C=O) groups is 1. The summed E-state index contributed by atoms with van der Waals surface area (Å²) >= 11 is 5.66. The number of carbonyl (C=O) groups excluding carboxylic acids is 1. The predicted molar refractivity (Wildman–Crippen MR) is 89.2 cm³/mol. The number of benzene rings is 1. The van der Waals surface area contributed by atoms with E-state index in [2.05, 4.69) is 5.32 Å². The first-order valence-electron chi connectivity index (χ1n) is 8.20. The van der Waals surface area contributed by atoms with Gasteiger partial charge in [0.2, 0.25) is 5.91 Å². The summed E-state index contributed by atoms with van der Waals surface area (Å²) in [7, 11) is 0. The molecule has 7 heteroatoms. The fourth-order valence-corrected chi connectivity index (χ4v) is 3.09. The van der Waals surface area contributed by atoms with E-state index in [1.807, 2.05) is 4.90 Å². The SMILES string of the molecule is C[C@H](C(=O)Nc1ccc(Cl)cc1C(F)(F)F)N1CCCCCCC1. The molecule has 2 rings (SSSR count). The highest BCUT2D eigenvalue weighted by molar-refractivity contribution is 6.30. The molecule has 1 aliphatic heterocycles. The lowest BCUT2D eigenvalue weighted by atomic mass is 10.1. The Morgan fingerprint density at radius 1 is 1.17 bits per heavy atom. The molecule has 1 atom stereocenters. The number of hydrogen-bond donors (Lipinski definition) is 1. The Hall–Kier alpha value is -1.27. The molecule has 1 N–H and O–H groups in total. The lowest BCUT2D eigenvalue weighted by molar-refractivity contribution is -0.137. The van der Waals surface area contributed by atoms with E-state index in [4.69, 9.17) is 11.6 Å². The first kappa shape index (κ1) is 19.1. The molecule has 0 aromatic heterocycles. The van der Waals surface area contributed by atoms with Crippen molar-refractivity contribution < 1.29 is 18.0 Å². The van der Waals surface area contributed by atoms with Gasteiger partial charge in [-0.15, -0.1) is 0 Å². The quantitative estimate of drug-likeness (QED) is 0.824. The van der Waals surface area contributed by atoms with Crippen molar-refractivity contribution in [1.29, 1.82) is 0 Å². The molecule has 1 aromatic carbocycles. The minimum Gasteiger partial charge on any atom is -0.324 e. The molecule has 0 unspecified atom stereocenters. The van der Waals surface area contributed by atoms with E-state index >= 15 is 0 Å². The van der Waals surface area contributed by atoms with E-state index in [0.717, 1.165) is 44.8 Å². The summed E-state index contributed by atoms with van der Waals surface area (Å²) in [5.41, 5.74) is -1.18. The molecule has 1 heterocycles. The Kier molecular flexibility index (Phi) is 6.52. The second-order valence-electron chi connectivity index (χ2n) is 6.16. The fourth-order valence-electron chi connectivity index (χ4n) is 2.92. The van der Waals surface area contributed by atoms with Crippen LogP contribution in [-0.2, 0) is 11.0 Å². The van der Waals surface area contributed by atoms with Gasteiger partial charge in [-0.05, 0) is 51.1 Å². The highest BCUT2D eigenvalue weighted by atomic mass is 35.5. The molecule has 0 aliphatic carbocycles. The number of hydrogen-bond acceptors (Lipinski definition) is 2. The number of likely N-dealkylation sites (tertiary alicyclic amines) is 1. The average Bonchev–Trinajstić information content (AvgIpc) is 2.47. The smallest absolute Gasteiger partial charge is 0.324 e. The molecule has 1 amide bonds. The number of nitrogens with zero attached hydrogens (tertiary/aromatic N) is 1. The molecule has 0 spiro atoms. The summed E-state index contributed by atoms with van der Waals surface area (Å²) in [6, 6.07) is 2.90. The number of nitrogens with one attached hydrogen (secondary N) is 1. The molecule has 0 bridgehead atoms. The molecule has 1 fully saturated rings. The predicted octanol–water partition coefficient (Wildman–Crippen LogP) is 4.95. The Morgan fingerprint density at radius 2 is 1.75 bits per heavy atom. The van der Waals surface area contributed by atoms with Gasteiger partial charge in [-0.25, -0.2) is 0 Å². The minimum absolute atomic E-state index is 0.0165. The van der Waals surface area contributed by atoms with Crippen LogP contribution in [0.4, 0.5) is 18.9 Å². The highest BCUT2D eigenvalue weighted by Crippen LogP contribution is 2.36. The Labute approximate surface area is 145 Å². The van der Waals surface area contributed by atoms with Gasteiger partial charge in [0.05, 0.1) is 17.3 Å². The van der Waals surface area contributed by atoms with E-state index < -0.39 is 23.7 Å². The van der Waals surface area contributed by atoms with Crippen molar-refractivity contribution in [2.24, 2.45) is 0 Å². The molecular formula is C17H22ClF3N2O. The summed E-state index contributed by atoms with van der Waals surface area (Å²) in [6.07, 6.45) is 0.893. The second-order valence-corrected chi connectivity index (χ2v) is 6.59. The maximum Gasteiger partial charge on any atom is 0.418 e. The first-order valence-corrected chi connectivity index (χ1v) is 8.58. The molecular weight excluding hydrogens is 341 g/mol. The summed E-state index contributed by atoms with van der Waals surface area (Å²) in [4.78, 5) is 14.5. The maximum atomic E-state index is 13.1. The number of amides is 1. The van der Waals surface area contributed by atoms with E-state index in [1.165, 1.54) is 18.6 Å². The van der Waals surface area contributed by atoms with Crippen LogP contribution in [0.15, 0.2) is 18.2 Å². The van der Waals surface area contributed by atoms with E-state index in [9.17, 15) is 18.0 Å². The van der Waals surface area contributed by atoms with Crippen molar-refractivity contribution in [3.8, 4) is 0 Å². The van der Waals surface area contributed by atoms with Crippen LogP contribution in [0.5, 0.6) is 0 Å². The fraction of sp³-hybridized carbons (Fsp3) is 0.588. The third-order valence-electron chi connectivity index (χ3n) is 4.36. The maximum absolute atomic E-state index is 13.1. The largest absolute Gasteiger partial charge is 0.418 e. The zero-order valence-electron chi connectivity index (χ0n) is 13.6. The van der Waals surface area contributed by atoms with E-state index in [-0.39, 0.29) is 10.7 Å². The van der Waals surface area contributed by atoms with Gasteiger partial charge in [0.15, 0.2) is 0 Å². The molecule has 1 aliphatic rings. The minimum atomic E-state index is -4.57. The molecule has 0 radical (unpaired) electrons.